The molecule has 0 aliphatic carbocycles. The van der Waals surface area contributed by atoms with Crippen LogP contribution in [-0.2, 0) is 22.3 Å². The van der Waals surface area contributed by atoms with Gasteiger partial charge in [-0.2, -0.15) is 16.8 Å². The first-order chi connectivity index (χ1) is 13.6. The number of hydrogen-bond donors (Lipinski definition) is 0. The minimum absolute atomic E-state index is 0.115. The number of amides is 1. The van der Waals surface area contributed by atoms with Gasteiger partial charge >= 0.3 is 5.97 Å². The van der Waals surface area contributed by atoms with E-state index in [1.807, 2.05) is 47.6 Å². The van der Waals surface area contributed by atoms with E-state index >= 15 is 0 Å². The second-order valence-electron chi connectivity index (χ2n) is 6.27. The summed E-state index contributed by atoms with van der Waals surface area (Å²) in [6.07, 6.45) is 1.24. The standard InChI is InChI=1S/C21H22N2O3S2/c1-23-17-11-10-16(20(25)26-2)13-18(17)28-21(23)22-19(24)9-6-12-27-14-15-7-4-3-5-8-15/h3-5,7-8,10-11,13H,6,9,12,14H2,1-2H3. The lowest BCUT2D eigenvalue weighted by molar-refractivity contribution is -0.118. The average Bonchev–Trinajstić information content (AvgIpc) is 3.02. The highest BCUT2D eigenvalue weighted by Gasteiger charge is 2.10. The van der Waals surface area contributed by atoms with Crippen LogP contribution < -0.4 is 4.80 Å². The molecule has 0 unspecified atom stereocenters. The summed E-state index contributed by atoms with van der Waals surface area (Å²) in [7, 11) is 3.23. The number of ether oxygens (including phenoxy) is 1. The lowest BCUT2D eigenvalue weighted by atomic mass is 10.2. The number of rotatable bonds is 7. The number of esters is 1. The second-order valence-corrected chi connectivity index (χ2v) is 8.38. The number of aromatic nitrogens is 1. The molecule has 1 heterocycles. The topological polar surface area (TPSA) is 60.7 Å². The molecule has 0 radical (unpaired) electrons. The van der Waals surface area contributed by atoms with E-state index in [-0.39, 0.29) is 11.9 Å². The zero-order chi connectivity index (χ0) is 19.9. The Bertz CT molecular complexity index is 1040. The molecule has 28 heavy (non-hydrogen) atoms. The molecule has 0 saturated carbocycles. The molecule has 146 valence electrons. The fourth-order valence-corrected chi connectivity index (χ4v) is 4.73. The van der Waals surface area contributed by atoms with E-state index in [0.717, 1.165) is 28.1 Å². The summed E-state index contributed by atoms with van der Waals surface area (Å²) in [5.41, 5.74) is 2.72. The Morgan fingerprint density at radius 1 is 1.18 bits per heavy atom. The van der Waals surface area contributed by atoms with Crippen molar-refractivity contribution in [3.63, 3.8) is 0 Å². The van der Waals surface area contributed by atoms with E-state index in [9.17, 15) is 9.59 Å². The van der Waals surface area contributed by atoms with Gasteiger partial charge in [0.05, 0.1) is 22.9 Å². The van der Waals surface area contributed by atoms with Crippen LogP contribution in [0.2, 0.25) is 0 Å². The molecule has 0 saturated heterocycles. The number of aryl methyl sites for hydroxylation is 1. The molecular formula is C21H22N2O3S2. The van der Waals surface area contributed by atoms with E-state index in [0.29, 0.717) is 16.8 Å². The van der Waals surface area contributed by atoms with Crippen LogP contribution in [-0.4, -0.2) is 29.3 Å². The molecule has 2 aromatic carbocycles. The number of fused-ring (bicyclic) bond motifs is 1. The quantitative estimate of drug-likeness (QED) is 0.430. The van der Waals surface area contributed by atoms with Crippen molar-refractivity contribution in [3.8, 4) is 0 Å². The maximum absolute atomic E-state index is 12.2. The molecule has 5 nitrogen and oxygen atoms in total. The van der Waals surface area contributed by atoms with E-state index in [2.05, 4.69) is 17.1 Å². The van der Waals surface area contributed by atoms with Crippen molar-refractivity contribution >= 4 is 45.2 Å². The first kappa shape index (κ1) is 20.4. The van der Waals surface area contributed by atoms with Crippen LogP contribution >= 0.6 is 23.1 Å². The molecule has 3 aromatic rings. The van der Waals surface area contributed by atoms with Gasteiger partial charge in [-0.25, -0.2) is 4.79 Å². The van der Waals surface area contributed by atoms with Crippen LogP contribution in [0.3, 0.4) is 0 Å². The van der Waals surface area contributed by atoms with Crippen molar-refractivity contribution in [2.75, 3.05) is 12.9 Å². The van der Waals surface area contributed by atoms with Crippen LogP contribution in [0, 0.1) is 0 Å². The SMILES string of the molecule is COC(=O)c1ccc2c(c1)sc(=NC(=O)CCCSCc1ccccc1)n2C. The largest absolute Gasteiger partial charge is 0.465 e. The zero-order valence-electron chi connectivity index (χ0n) is 15.9. The molecule has 0 atom stereocenters. The lowest BCUT2D eigenvalue weighted by Gasteiger charge is -2.01. The van der Waals surface area contributed by atoms with Gasteiger partial charge in [-0.1, -0.05) is 41.7 Å². The number of methoxy groups -OCH3 is 1. The van der Waals surface area contributed by atoms with E-state index in [1.54, 1.807) is 12.1 Å². The van der Waals surface area contributed by atoms with Gasteiger partial charge in [0.25, 0.3) is 0 Å². The number of carbonyl (C=O) groups excluding carboxylic acids is 2. The van der Waals surface area contributed by atoms with E-state index in [4.69, 9.17) is 4.74 Å². The maximum Gasteiger partial charge on any atom is 0.337 e. The van der Waals surface area contributed by atoms with Gasteiger partial charge in [0.15, 0.2) is 4.80 Å². The predicted octanol–water partition coefficient (Wildman–Crippen LogP) is 4.17. The Labute approximate surface area is 172 Å². The van der Waals surface area contributed by atoms with Crippen LogP contribution in [0.25, 0.3) is 10.2 Å². The highest BCUT2D eigenvalue weighted by atomic mass is 32.2. The smallest absolute Gasteiger partial charge is 0.337 e. The minimum atomic E-state index is -0.375. The third-order valence-corrected chi connectivity index (χ3v) is 6.45. The Morgan fingerprint density at radius 3 is 2.71 bits per heavy atom. The number of nitrogens with zero attached hydrogens (tertiary/aromatic N) is 2. The molecular weight excluding hydrogens is 392 g/mol. The number of thiazole rings is 1. The van der Waals surface area contributed by atoms with Crippen molar-refractivity contribution in [1.29, 1.82) is 0 Å². The zero-order valence-corrected chi connectivity index (χ0v) is 17.5. The van der Waals surface area contributed by atoms with Gasteiger partial charge < -0.3 is 9.30 Å². The van der Waals surface area contributed by atoms with Gasteiger partial charge in [0, 0.05) is 19.2 Å². The van der Waals surface area contributed by atoms with Crippen LogP contribution in [0.5, 0.6) is 0 Å². The molecule has 7 heteroatoms. The molecule has 1 aromatic heterocycles. The van der Waals surface area contributed by atoms with Crippen molar-refractivity contribution in [2.24, 2.45) is 12.0 Å². The monoisotopic (exact) mass is 414 g/mol. The highest BCUT2D eigenvalue weighted by molar-refractivity contribution is 7.98. The Kier molecular flexibility index (Phi) is 7.06. The fraction of sp³-hybridized carbons (Fsp3) is 0.286. The summed E-state index contributed by atoms with van der Waals surface area (Å²) in [6, 6.07) is 15.7. The normalized spacial score (nSPS) is 11.7. The first-order valence-electron chi connectivity index (χ1n) is 8.95. The molecule has 0 fully saturated rings. The van der Waals surface area contributed by atoms with Crippen molar-refractivity contribution in [2.45, 2.75) is 18.6 Å². The minimum Gasteiger partial charge on any atom is -0.465 e. The van der Waals surface area contributed by atoms with Crippen LogP contribution in [0.4, 0.5) is 0 Å². The van der Waals surface area contributed by atoms with Gasteiger partial charge in [0.1, 0.15) is 0 Å². The van der Waals surface area contributed by atoms with Gasteiger partial charge in [-0.05, 0) is 35.9 Å². The van der Waals surface area contributed by atoms with Crippen molar-refractivity contribution in [3.05, 3.63) is 64.5 Å². The number of thioether (sulfide) groups is 1. The third-order valence-electron chi connectivity index (χ3n) is 4.24. The lowest BCUT2D eigenvalue weighted by Crippen LogP contribution is -2.13. The Morgan fingerprint density at radius 2 is 1.96 bits per heavy atom. The summed E-state index contributed by atoms with van der Waals surface area (Å²) in [5, 5.41) is 0. The first-order valence-corrected chi connectivity index (χ1v) is 10.9. The van der Waals surface area contributed by atoms with Gasteiger partial charge in [0.2, 0.25) is 5.91 Å². The Hall–Kier alpha value is -2.38. The summed E-state index contributed by atoms with van der Waals surface area (Å²) in [5.74, 6) is 1.40. The number of hydrogen-bond acceptors (Lipinski definition) is 5. The molecule has 0 spiro atoms. The summed E-state index contributed by atoms with van der Waals surface area (Å²) >= 11 is 3.23. The molecule has 0 aliphatic rings. The molecule has 0 N–H and O–H groups in total. The molecule has 0 aliphatic heterocycles. The summed E-state index contributed by atoms with van der Waals surface area (Å²) in [4.78, 5) is 28.8. The molecule has 0 bridgehead atoms. The Balaban J connectivity index is 1.59. The van der Waals surface area contributed by atoms with Crippen LogP contribution in [0.1, 0.15) is 28.8 Å². The summed E-state index contributed by atoms with van der Waals surface area (Å²) < 4.78 is 7.54. The van der Waals surface area contributed by atoms with E-state index < -0.39 is 0 Å². The maximum atomic E-state index is 12.2. The van der Waals surface area contributed by atoms with Gasteiger partial charge in [-0.3, -0.25) is 4.79 Å². The van der Waals surface area contributed by atoms with Crippen LogP contribution in [0.15, 0.2) is 53.5 Å². The summed E-state index contributed by atoms with van der Waals surface area (Å²) in [6.45, 7) is 0. The third kappa shape index (κ3) is 5.11. The number of benzene rings is 2. The van der Waals surface area contributed by atoms with Crippen molar-refractivity contribution in [1.82, 2.24) is 4.57 Å². The molecule has 3 rings (SSSR count). The average molecular weight is 415 g/mol. The van der Waals surface area contributed by atoms with Gasteiger partial charge in [-0.15, -0.1) is 0 Å². The second kappa shape index (κ2) is 9.71. The molecule has 1 amide bonds. The predicted molar refractivity (Wildman–Crippen MR) is 115 cm³/mol. The fourth-order valence-electron chi connectivity index (χ4n) is 2.74. The van der Waals surface area contributed by atoms with Crippen molar-refractivity contribution < 1.29 is 14.3 Å². The van der Waals surface area contributed by atoms with E-state index in [1.165, 1.54) is 24.0 Å². The highest BCUT2D eigenvalue weighted by Crippen LogP contribution is 2.19. The number of carbonyl (C=O) groups is 2.